The van der Waals surface area contributed by atoms with E-state index in [4.69, 9.17) is 4.74 Å². The molecule has 0 saturated carbocycles. The SMILES string of the molecule is COc1ccccc1C1c2c(C(C)(C)C)n[nH]c2C(=O)N1c1ccc(N2CCN(C)CC2)cc1. The Hall–Kier alpha value is -3.32. The summed E-state index contributed by atoms with van der Waals surface area (Å²) in [6, 6.07) is 16.0. The predicted molar refractivity (Wildman–Crippen MR) is 135 cm³/mol. The average molecular weight is 460 g/mol. The molecule has 3 aromatic rings. The fourth-order valence-electron chi connectivity index (χ4n) is 5.06. The molecule has 5 rings (SSSR count). The van der Waals surface area contributed by atoms with Crippen LogP contribution in [0.3, 0.4) is 0 Å². The van der Waals surface area contributed by atoms with Crippen LogP contribution in [0.15, 0.2) is 48.5 Å². The number of hydrogen-bond acceptors (Lipinski definition) is 5. The summed E-state index contributed by atoms with van der Waals surface area (Å²) < 4.78 is 5.72. The Labute approximate surface area is 201 Å². The summed E-state index contributed by atoms with van der Waals surface area (Å²) in [5.41, 5.74) is 5.19. The van der Waals surface area contributed by atoms with Crippen LogP contribution in [0, 0.1) is 0 Å². The van der Waals surface area contributed by atoms with Crippen molar-refractivity contribution in [2.75, 3.05) is 50.1 Å². The standard InChI is InChI=1S/C27H33N5O2/c1-27(2,3)25-22-23(28-29-25)26(33)32(24(22)20-8-6-7-9-21(20)34-5)19-12-10-18(11-13-19)31-16-14-30(4)15-17-31/h6-13,24H,14-17H2,1-5H3,(H,28,29). The van der Waals surface area contributed by atoms with Gasteiger partial charge in [-0.2, -0.15) is 5.10 Å². The van der Waals surface area contributed by atoms with Crippen LogP contribution in [0.25, 0.3) is 0 Å². The summed E-state index contributed by atoms with van der Waals surface area (Å²) in [7, 11) is 3.83. The largest absolute Gasteiger partial charge is 0.496 e. The maximum absolute atomic E-state index is 13.7. The molecule has 1 N–H and O–H groups in total. The first-order valence-electron chi connectivity index (χ1n) is 11.9. The summed E-state index contributed by atoms with van der Waals surface area (Å²) >= 11 is 0. The minimum Gasteiger partial charge on any atom is -0.496 e. The Morgan fingerprint density at radius 3 is 2.26 bits per heavy atom. The molecule has 7 heteroatoms. The highest BCUT2D eigenvalue weighted by Crippen LogP contribution is 2.47. The highest BCUT2D eigenvalue weighted by Gasteiger charge is 2.45. The maximum Gasteiger partial charge on any atom is 0.277 e. The number of carbonyl (C=O) groups is 1. The molecule has 0 aliphatic carbocycles. The number of H-pyrrole nitrogens is 1. The second-order valence-electron chi connectivity index (χ2n) is 10.2. The lowest BCUT2D eigenvalue weighted by Gasteiger charge is -2.34. The number of aromatic nitrogens is 2. The van der Waals surface area contributed by atoms with Crippen molar-refractivity contribution in [2.45, 2.75) is 32.2 Å². The van der Waals surface area contributed by atoms with Crippen LogP contribution in [0.5, 0.6) is 5.75 Å². The monoisotopic (exact) mass is 459 g/mol. The number of aromatic amines is 1. The van der Waals surface area contributed by atoms with Crippen molar-refractivity contribution in [3.63, 3.8) is 0 Å². The molecule has 1 unspecified atom stereocenters. The minimum absolute atomic E-state index is 0.0683. The molecule has 0 radical (unpaired) electrons. The Balaban J connectivity index is 1.58. The number of likely N-dealkylation sites (N-methyl/N-ethyl adjacent to an activating group) is 1. The van der Waals surface area contributed by atoms with Crippen LogP contribution in [0.2, 0.25) is 0 Å². The topological polar surface area (TPSA) is 64.7 Å². The van der Waals surface area contributed by atoms with Gasteiger partial charge in [0.05, 0.1) is 18.8 Å². The Morgan fingerprint density at radius 2 is 1.62 bits per heavy atom. The minimum atomic E-state index is -0.318. The van der Waals surface area contributed by atoms with Gasteiger partial charge in [-0.25, -0.2) is 0 Å². The van der Waals surface area contributed by atoms with E-state index >= 15 is 0 Å². The van der Waals surface area contributed by atoms with Gasteiger partial charge in [0.1, 0.15) is 11.4 Å². The number of nitrogens with zero attached hydrogens (tertiary/aromatic N) is 4. The van der Waals surface area contributed by atoms with Gasteiger partial charge < -0.3 is 14.5 Å². The highest BCUT2D eigenvalue weighted by atomic mass is 16.5. The zero-order valence-corrected chi connectivity index (χ0v) is 20.6. The molecule has 1 saturated heterocycles. The number of fused-ring (bicyclic) bond motifs is 1. The molecule has 2 aromatic carbocycles. The van der Waals surface area contributed by atoms with E-state index in [1.165, 1.54) is 5.69 Å². The zero-order chi connectivity index (χ0) is 24.0. The average Bonchev–Trinajstić information content (AvgIpc) is 3.39. The number of para-hydroxylation sites is 1. The summed E-state index contributed by atoms with van der Waals surface area (Å²) in [4.78, 5) is 20.4. The van der Waals surface area contributed by atoms with Crippen LogP contribution >= 0.6 is 0 Å². The number of benzene rings is 2. The second-order valence-corrected chi connectivity index (χ2v) is 10.2. The number of ether oxygens (including phenoxy) is 1. The summed E-state index contributed by atoms with van der Waals surface area (Å²) in [6.07, 6.45) is 0. The van der Waals surface area contributed by atoms with Gasteiger partial charge in [0.15, 0.2) is 0 Å². The van der Waals surface area contributed by atoms with Crippen molar-refractivity contribution >= 4 is 17.3 Å². The van der Waals surface area contributed by atoms with Crippen LogP contribution in [0.1, 0.15) is 54.1 Å². The smallest absolute Gasteiger partial charge is 0.277 e. The van der Waals surface area contributed by atoms with Crippen molar-refractivity contribution < 1.29 is 9.53 Å². The van der Waals surface area contributed by atoms with Gasteiger partial charge in [-0.3, -0.25) is 14.8 Å². The normalized spacial score (nSPS) is 19.0. The fourth-order valence-corrected chi connectivity index (χ4v) is 5.06. The van der Waals surface area contributed by atoms with Gasteiger partial charge in [-0.1, -0.05) is 39.0 Å². The first kappa shape index (κ1) is 22.5. The van der Waals surface area contributed by atoms with Crippen molar-refractivity contribution in [3.05, 3.63) is 71.0 Å². The third kappa shape index (κ3) is 3.74. The maximum atomic E-state index is 13.7. The number of nitrogens with one attached hydrogen (secondary N) is 1. The molecule has 7 nitrogen and oxygen atoms in total. The Morgan fingerprint density at radius 1 is 0.971 bits per heavy atom. The zero-order valence-electron chi connectivity index (χ0n) is 20.6. The van der Waals surface area contributed by atoms with Crippen LogP contribution < -0.4 is 14.5 Å². The number of anilines is 2. The van der Waals surface area contributed by atoms with Crippen molar-refractivity contribution in [2.24, 2.45) is 0 Å². The van der Waals surface area contributed by atoms with Gasteiger partial charge in [0.2, 0.25) is 0 Å². The van der Waals surface area contributed by atoms with Crippen LogP contribution in [0.4, 0.5) is 11.4 Å². The molecule has 1 atom stereocenters. The van der Waals surface area contributed by atoms with E-state index in [0.717, 1.165) is 54.4 Å². The number of carbonyl (C=O) groups excluding carboxylic acids is 1. The molecular weight excluding hydrogens is 426 g/mol. The molecule has 3 heterocycles. The third-order valence-corrected chi connectivity index (χ3v) is 6.91. The van der Waals surface area contributed by atoms with Gasteiger partial charge in [0.25, 0.3) is 5.91 Å². The first-order chi connectivity index (χ1) is 16.3. The third-order valence-electron chi connectivity index (χ3n) is 6.91. The molecule has 0 spiro atoms. The van der Waals surface area contributed by atoms with E-state index in [2.05, 4.69) is 72.1 Å². The van der Waals surface area contributed by atoms with E-state index in [1.807, 2.05) is 29.2 Å². The predicted octanol–water partition coefficient (Wildman–Crippen LogP) is 4.22. The highest BCUT2D eigenvalue weighted by molar-refractivity contribution is 6.11. The number of methoxy groups -OCH3 is 1. The quantitative estimate of drug-likeness (QED) is 0.633. The lowest BCUT2D eigenvalue weighted by molar-refractivity contribution is 0.0988. The molecule has 2 aliphatic heterocycles. The van der Waals surface area contributed by atoms with Gasteiger partial charge in [-0.05, 0) is 37.4 Å². The molecule has 2 aliphatic rings. The van der Waals surface area contributed by atoms with Crippen LogP contribution in [-0.2, 0) is 5.41 Å². The van der Waals surface area contributed by atoms with E-state index in [0.29, 0.717) is 5.69 Å². The lowest BCUT2D eigenvalue weighted by Crippen LogP contribution is -2.44. The van der Waals surface area contributed by atoms with Gasteiger partial charge >= 0.3 is 0 Å². The number of rotatable bonds is 4. The molecule has 178 valence electrons. The van der Waals surface area contributed by atoms with Crippen molar-refractivity contribution in [1.82, 2.24) is 15.1 Å². The summed E-state index contributed by atoms with van der Waals surface area (Å²) in [6.45, 7) is 10.5. The molecule has 1 fully saturated rings. The Kier molecular flexibility index (Phi) is 5.60. The van der Waals surface area contributed by atoms with Crippen molar-refractivity contribution in [1.29, 1.82) is 0 Å². The first-order valence-corrected chi connectivity index (χ1v) is 11.9. The lowest BCUT2D eigenvalue weighted by atomic mass is 9.85. The van der Waals surface area contributed by atoms with Crippen molar-refractivity contribution in [3.8, 4) is 5.75 Å². The summed E-state index contributed by atoms with van der Waals surface area (Å²) in [5.74, 6) is 0.689. The number of piperazine rings is 1. The second kappa shape index (κ2) is 8.47. The molecule has 1 aromatic heterocycles. The summed E-state index contributed by atoms with van der Waals surface area (Å²) in [5, 5.41) is 7.63. The molecular formula is C27H33N5O2. The molecule has 1 amide bonds. The number of amides is 1. The van der Waals surface area contributed by atoms with E-state index in [9.17, 15) is 4.79 Å². The molecule has 34 heavy (non-hydrogen) atoms. The molecule has 0 bridgehead atoms. The number of hydrogen-bond donors (Lipinski definition) is 1. The Bertz CT molecular complexity index is 1190. The van der Waals surface area contributed by atoms with E-state index in [-0.39, 0.29) is 17.4 Å². The van der Waals surface area contributed by atoms with Gasteiger partial charge in [0, 0.05) is 54.1 Å². The van der Waals surface area contributed by atoms with Gasteiger partial charge in [-0.15, -0.1) is 0 Å². The van der Waals surface area contributed by atoms with E-state index in [1.54, 1.807) is 7.11 Å². The van der Waals surface area contributed by atoms with E-state index < -0.39 is 0 Å². The fraction of sp³-hybridized carbons (Fsp3) is 0.407. The van der Waals surface area contributed by atoms with Crippen LogP contribution in [-0.4, -0.2) is 61.3 Å².